The van der Waals surface area contributed by atoms with Crippen molar-refractivity contribution in [1.29, 1.82) is 0 Å². The average molecular weight is 349 g/mol. The number of nitrogens with zero attached hydrogens (tertiary/aromatic N) is 1. The lowest BCUT2D eigenvalue weighted by Crippen LogP contribution is -1.96. The maximum absolute atomic E-state index is 6.38. The summed E-state index contributed by atoms with van der Waals surface area (Å²) < 4.78 is 0. The lowest BCUT2D eigenvalue weighted by Gasteiger charge is -2.14. The third kappa shape index (κ3) is 3.32. The normalized spacial score (nSPS) is 15.5. The van der Waals surface area contributed by atoms with Crippen molar-refractivity contribution in [2.75, 3.05) is 11.1 Å². The van der Waals surface area contributed by atoms with E-state index in [0.717, 1.165) is 34.0 Å². The molecule has 0 amide bonds. The summed E-state index contributed by atoms with van der Waals surface area (Å²) in [6, 6.07) is 11.8. The van der Waals surface area contributed by atoms with Gasteiger partial charge in [0.1, 0.15) is 0 Å². The number of rotatable bonds is 3. The molecule has 2 nitrogen and oxygen atoms in total. The Morgan fingerprint density at radius 1 is 1.18 bits per heavy atom. The van der Waals surface area contributed by atoms with E-state index in [1.54, 1.807) is 11.8 Å². The molecule has 0 saturated heterocycles. The minimum atomic E-state index is 0.604. The third-order valence-corrected chi connectivity index (χ3v) is 4.87. The third-order valence-electron chi connectivity index (χ3n) is 3.35. The number of para-hydroxylation sites is 1. The highest BCUT2D eigenvalue weighted by Crippen LogP contribution is 2.36. The van der Waals surface area contributed by atoms with Gasteiger partial charge in [-0.15, -0.1) is 11.8 Å². The molecule has 1 N–H and O–H groups in total. The van der Waals surface area contributed by atoms with Crippen LogP contribution in [0.1, 0.15) is 11.1 Å². The first-order valence-electron chi connectivity index (χ1n) is 6.80. The van der Waals surface area contributed by atoms with E-state index in [1.165, 1.54) is 0 Å². The van der Waals surface area contributed by atoms with Gasteiger partial charge in [-0.3, -0.25) is 4.99 Å². The Balaban J connectivity index is 1.98. The smallest absolute Gasteiger partial charge is 0.0765 e. The number of benzene rings is 2. The van der Waals surface area contributed by atoms with Gasteiger partial charge in [0.25, 0.3) is 0 Å². The number of aliphatic imine (C=N–C) groups is 1. The van der Waals surface area contributed by atoms with Crippen molar-refractivity contribution in [3.05, 3.63) is 63.3 Å². The summed E-state index contributed by atoms with van der Waals surface area (Å²) in [6.45, 7) is 1.96. The summed E-state index contributed by atoms with van der Waals surface area (Å²) in [4.78, 5) is 4.35. The van der Waals surface area contributed by atoms with E-state index in [-0.39, 0.29) is 0 Å². The molecule has 2 aromatic carbocycles. The Morgan fingerprint density at radius 3 is 2.77 bits per heavy atom. The molecule has 1 heterocycles. The van der Waals surface area contributed by atoms with E-state index in [1.807, 2.05) is 48.9 Å². The van der Waals surface area contributed by atoms with Crippen molar-refractivity contribution < 1.29 is 0 Å². The second-order valence-corrected chi connectivity index (χ2v) is 6.56. The fraction of sp³-hybridized carbons (Fsp3) is 0.118. The van der Waals surface area contributed by atoms with E-state index >= 15 is 0 Å². The van der Waals surface area contributed by atoms with Gasteiger partial charge in [-0.2, -0.15) is 0 Å². The molecule has 2 aromatic rings. The molecular weight excluding hydrogens is 335 g/mol. The molecule has 3 rings (SSSR count). The van der Waals surface area contributed by atoms with Gasteiger partial charge in [-0.05, 0) is 36.3 Å². The molecule has 0 atom stereocenters. The number of hydrogen-bond donors (Lipinski definition) is 1. The van der Waals surface area contributed by atoms with Crippen LogP contribution in [-0.4, -0.2) is 11.3 Å². The first-order chi connectivity index (χ1) is 10.6. The number of anilines is 2. The highest BCUT2D eigenvalue weighted by atomic mass is 35.5. The Labute approximate surface area is 144 Å². The van der Waals surface area contributed by atoms with Crippen LogP contribution in [0.2, 0.25) is 10.0 Å². The summed E-state index contributed by atoms with van der Waals surface area (Å²) in [7, 11) is 0. The number of nitrogens with one attached hydrogen (secondary N) is 1. The molecule has 0 bridgehead atoms. The molecular formula is C17H14Cl2N2S. The number of hydrogen-bond acceptors (Lipinski definition) is 3. The zero-order valence-electron chi connectivity index (χ0n) is 11.9. The maximum atomic E-state index is 6.38. The van der Waals surface area contributed by atoms with Gasteiger partial charge in [-0.1, -0.05) is 47.5 Å². The minimum Gasteiger partial charge on any atom is -0.353 e. The second kappa shape index (κ2) is 6.78. The molecule has 0 unspecified atom stereocenters. The first-order valence-corrected chi connectivity index (χ1v) is 8.61. The summed E-state index contributed by atoms with van der Waals surface area (Å²) in [6.07, 6.45) is 2.08. The van der Waals surface area contributed by atoms with Crippen molar-refractivity contribution in [3.63, 3.8) is 0 Å². The maximum Gasteiger partial charge on any atom is 0.0765 e. The zero-order chi connectivity index (χ0) is 15.5. The van der Waals surface area contributed by atoms with Gasteiger partial charge in [0.2, 0.25) is 0 Å². The summed E-state index contributed by atoms with van der Waals surface area (Å²) >= 11 is 14.4. The van der Waals surface area contributed by atoms with Crippen molar-refractivity contribution in [1.82, 2.24) is 0 Å². The quantitative estimate of drug-likeness (QED) is 0.717. The molecule has 0 aliphatic carbocycles. The van der Waals surface area contributed by atoms with Crippen LogP contribution in [0.25, 0.3) is 6.08 Å². The summed E-state index contributed by atoms with van der Waals surface area (Å²) in [5.74, 6) is 0.903. The fourth-order valence-corrected chi connectivity index (χ4v) is 3.24. The minimum absolute atomic E-state index is 0.604. The second-order valence-electron chi connectivity index (χ2n) is 4.95. The van der Waals surface area contributed by atoms with Crippen LogP contribution in [0.4, 0.5) is 11.4 Å². The molecule has 0 spiro atoms. The molecule has 0 fully saturated rings. The topological polar surface area (TPSA) is 24.4 Å². The average Bonchev–Trinajstić information content (AvgIpc) is 3.02. The summed E-state index contributed by atoms with van der Waals surface area (Å²) in [5.41, 5.74) is 6.67. The first kappa shape index (κ1) is 15.5. The Morgan fingerprint density at radius 2 is 2.00 bits per heavy atom. The standard InChI is InChI=1S/C17H14Cl2N2S/c1-11-6-7-14(18)17(16(11)19)21-15-5-3-2-4-12(15)8-13-9-22-10-20-13/h2-8,10,21H,9H2,1H3/b13-8-. The molecule has 0 aromatic heterocycles. The Kier molecular flexibility index (Phi) is 4.77. The van der Waals surface area contributed by atoms with Gasteiger partial charge in [0, 0.05) is 11.4 Å². The van der Waals surface area contributed by atoms with E-state index in [0.29, 0.717) is 10.0 Å². The van der Waals surface area contributed by atoms with Gasteiger partial charge in [-0.25, -0.2) is 0 Å². The molecule has 1 aliphatic heterocycles. The van der Waals surface area contributed by atoms with E-state index < -0.39 is 0 Å². The van der Waals surface area contributed by atoms with Crippen LogP contribution < -0.4 is 5.32 Å². The van der Waals surface area contributed by atoms with Crippen molar-refractivity contribution in [2.45, 2.75) is 6.92 Å². The molecule has 112 valence electrons. The molecule has 5 heteroatoms. The number of aryl methyl sites for hydroxylation is 1. The van der Waals surface area contributed by atoms with Gasteiger partial charge < -0.3 is 5.32 Å². The number of halogens is 2. The molecule has 1 aliphatic rings. The van der Waals surface area contributed by atoms with Crippen LogP contribution in [0.3, 0.4) is 0 Å². The zero-order valence-corrected chi connectivity index (χ0v) is 14.3. The van der Waals surface area contributed by atoms with Gasteiger partial charge in [0.05, 0.1) is 27.0 Å². The lowest BCUT2D eigenvalue weighted by molar-refractivity contribution is 1.38. The summed E-state index contributed by atoms with van der Waals surface area (Å²) in [5, 5.41) is 4.60. The van der Waals surface area contributed by atoms with E-state index in [9.17, 15) is 0 Å². The predicted molar refractivity (Wildman–Crippen MR) is 99.9 cm³/mol. The van der Waals surface area contributed by atoms with E-state index in [2.05, 4.69) is 16.4 Å². The van der Waals surface area contributed by atoms with Crippen molar-refractivity contribution in [2.24, 2.45) is 4.99 Å². The van der Waals surface area contributed by atoms with Gasteiger partial charge >= 0.3 is 0 Å². The Bertz CT molecular complexity index is 769. The highest BCUT2D eigenvalue weighted by molar-refractivity contribution is 8.12. The van der Waals surface area contributed by atoms with Crippen LogP contribution in [-0.2, 0) is 0 Å². The van der Waals surface area contributed by atoms with Gasteiger partial charge in [0.15, 0.2) is 0 Å². The monoisotopic (exact) mass is 348 g/mol. The molecule has 0 radical (unpaired) electrons. The SMILES string of the molecule is Cc1ccc(Cl)c(Nc2ccccc2/C=C2/CSC=N2)c1Cl. The van der Waals surface area contributed by atoms with Crippen LogP contribution in [0.15, 0.2) is 47.1 Å². The van der Waals surface area contributed by atoms with Crippen LogP contribution >= 0.6 is 35.0 Å². The number of thioether (sulfide) groups is 1. The lowest BCUT2D eigenvalue weighted by atomic mass is 10.1. The van der Waals surface area contributed by atoms with Crippen LogP contribution in [0.5, 0.6) is 0 Å². The van der Waals surface area contributed by atoms with E-state index in [4.69, 9.17) is 23.2 Å². The van der Waals surface area contributed by atoms with Crippen molar-refractivity contribution in [3.8, 4) is 0 Å². The van der Waals surface area contributed by atoms with Crippen molar-refractivity contribution >= 4 is 58.0 Å². The fourth-order valence-electron chi connectivity index (χ4n) is 2.17. The molecule has 0 saturated carbocycles. The molecule has 22 heavy (non-hydrogen) atoms. The highest BCUT2D eigenvalue weighted by Gasteiger charge is 2.11. The largest absolute Gasteiger partial charge is 0.353 e. The van der Waals surface area contributed by atoms with Crippen LogP contribution in [0, 0.1) is 6.92 Å². The Hall–Kier alpha value is -1.42. The predicted octanol–water partition coefficient (Wildman–Crippen LogP) is 6.16.